The molecule has 0 spiro atoms. The second-order valence-electron chi connectivity index (χ2n) is 7.73. The summed E-state index contributed by atoms with van der Waals surface area (Å²) >= 11 is 7.55. The minimum Gasteiger partial charge on any atom is -0.388 e. The van der Waals surface area contributed by atoms with Crippen LogP contribution in [0.15, 0.2) is 0 Å². The average Bonchev–Trinajstić information content (AvgIpc) is 2.99. The van der Waals surface area contributed by atoms with Crippen LogP contribution in [0.5, 0.6) is 0 Å². The number of thioether (sulfide) groups is 1. The van der Waals surface area contributed by atoms with Gasteiger partial charge < -0.3 is 25.4 Å². The lowest BCUT2D eigenvalue weighted by atomic mass is 9.92. The zero-order chi connectivity index (χ0) is 20.3. The fraction of sp³-hybridized carbons (Fsp3) is 0.944. The summed E-state index contributed by atoms with van der Waals surface area (Å²) in [5.41, 5.74) is -0.702. The van der Waals surface area contributed by atoms with Crippen LogP contribution in [-0.4, -0.2) is 93.3 Å². The Balaban J connectivity index is 0.00000392. The molecule has 2 saturated heterocycles. The zero-order valence-corrected chi connectivity index (χ0v) is 19.2. The Morgan fingerprint density at radius 3 is 2.50 bits per heavy atom. The highest BCUT2D eigenvalue weighted by Gasteiger charge is 2.48. The first-order valence-corrected chi connectivity index (χ1v) is 11.3. The molecule has 7 nitrogen and oxygen atoms in total. The molecule has 10 heteroatoms. The van der Waals surface area contributed by atoms with Crippen LogP contribution in [0.1, 0.15) is 33.1 Å². The fourth-order valence-corrected chi connectivity index (χ4v) is 5.00. The van der Waals surface area contributed by atoms with Gasteiger partial charge in [-0.05, 0) is 39.0 Å². The van der Waals surface area contributed by atoms with Crippen molar-refractivity contribution in [2.45, 2.75) is 80.4 Å². The van der Waals surface area contributed by atoms with Crippen LogP contribution in [0.2, 0.25) is 0 Å². The number of carbonyl (C=O) groups is 1. The lowest BCUT2D eigenvalue weighted by molar-refractivity contribution is -0.205. The van der Waals surface area contributed by atoms with Crippen LogP contribution in [0.3, 0.4) is 0 Å². The Hall–Kier alpha value is 0.200. The summed E-state index contributed by atoms with van der Waals surface area (Å²) in [7, 11) is 1.94. The third-order valence-corrected chi connectivity index (χ3v) is 6.76. The number of nitrogens with zero attached hydrogens (tertiary/aromatic N) is 1. The molecule has 0 radical (unpaired) electrons. The molecule has 0 aromatic carbocycles. The summed E-state index contributed by atoms with van der Waals surface area (Å²) in [6, 6.07) is -0.934. The van der Waals surface area contributed by atoms with E-state index >= 15 is 0 Å². The molecule has 2 rings (SSSR count). The van der Waals surface area contributed by atoms with Crippen molar-refractivity contribution in [3.05, 3.63) is 0 Å². The van der Waals surface area contributed by atoms with Gasteiger partial charge >= 0.3 is 0 Å². The van der Waals surface area contributed by atoms with E-state index in [1.165, 1.54) is 11.8 Å². The summed E-state index contributed by atoms with van der Waals surface area (Å²) in [6.45, 7) is 4.74. The van der Waals surface area contributed by atoms with Gasteiger partial charge in [0.05, 0.1) is 17.5 Å². The maximum Gasteiger partial charge on any atom is 0.237 e. The third-order valence-electron chi connectivity index (χ3n) is 5.63. The van der Waals surface area contributed by atoms with Gasteiger partial charge in [-0.1, -0.05) is 13.3 Å². The smallest absolute Gasteiger partial charge is 0.237 e. The number of aliphatic hydroxyl groups excluding tert-OH is 3. The first-order valence-electron chi connectivity index (χ1n) is 9.58. The van der Waals surface area contributed by atoms with Crippen LogP contribution in [0.25, 0.3) is 0 Å². The van der Waals surface area contributed by atoms with E-state index in [1.54, 1.807) is 13.2 Å². The molecule has 166 valence electrons. The van der Waals surface area contributed by atoms with Crippen LogP contribution in [0, 0.1) is 5.92 Å². The number of nitrogens with one attached hydrogen (secondary N) is 1. The second-order valence-corrected chi connectivity index (χ2v) is 9.36. The molecule has 2 fully saturated rings. The zero-order valence-electron chi connectivity index (χ0n) is 16.8. The van der Waals surface area contributed by atoms with Gasteiger partial charge in [0.25, 0.3) is 0 Å². The minimum atomic E-state index is -1.36. The van der Waals surface area contributed by atoms with Gasteiger partial charge in [-0.15, -0.1) is 35.8 Å². The van der Waals surface area contributed by atoms with Crippen LogP contribution in [0.4, 0.5) is 0 Å². The molecule has 2 aliphatic heterocycles. The van der Waals surface area contributed by atoms with Gasteiger partial charge in [0, 0.05) is 6.54 Å². The fourth-order valence-electron chi connectivity index (χ4n) is 4.11. The second kappa shape index (κ2) is 11.6. The highest BCUT2D eigenvalue weighted by atomic mass is 35.5. The van der Waals surface area contributed by atoms with E-state index in [0.29, 0.717) is 5.92 Å². The summed E-state index contributed by atoms with van der Waals surface area (Å²) in [4.78, 5) is 14.9. The number of hydrogen-bond donors (Lipinski definition) is 4. The van der Waals surface area contributed by atoms with Gasteiger partial charge in [-0.2, -0.15) is 0 Å². The summed E-state index contributed by atoms with van der Waals surface area (Å²) in [5.74, 6) is 0.350. The van der Waals surface area contributed by atoms with Gasteiger partial charge in [0.1, 0.15) is 29.9 Å². The minimum absolute atomic E-state index is 0. The van der Waals surface area contributed by atoms with Crippen LogP contribution < -0.4 is 5.32 Å². The Morgan fingerprint density at radius 1 is 1.32 bits per heavy atom. The number of hydrogen-bond acceptors (Lipinski definition) is 7. The first kappa shape index (κ1) is 26.2. The molecule has 2 aliphatic rings. The van der Waals surface area contributed by atoms with Crippen LogP contribution in [-0.2, 0) is 9.53 Å². The monoisotopic (exact) mass is 460 g/mol. The Morgan fingerprint density at radius 2 is 1.96 bits per heavy atom. The van der Waals surface area contributed by atoms with Gasteiger partial charge in [0.15, 0.2) is 0 Å². The quantitative estimate of drug-likeness (QED) is 0.416. The molecule has 1 amide bonds. The van der Waals surface area contributed by atoms with Gasteiger partial charge in [-0.3, -0.25) is 9.69 Å². The predicted molar refractivity (Wildman–Crippen MR) is 114 cm³/mol. The predicted octanol–water partition coefficient (Wildman–Crippen LogP) is 0.811. The molecule has 2 heterocycles. The average molecular weight is 461 g/mol. The highest BCUT2D eigenvalue weighted by Crippen LogP contribution is 2.31. The molecule has 28 heavy (non-hydrogen) atoms. The number of alkyl halides is 1. The SMILES string of the molecule is CCC[C@@H]1CC(C(=O)N[C@@H](C2O[C@H](SC)[C@H](O)[C@@H](O)[C@H]2O)[C@H](C)Cl)N(C)C1.Cl. The van der Waals surface area contributed by atoms with E-state index in [-0.39, 0.29) is 24.4 Å². The topological polar surface area (TPSA) is 102 Å². The van der Waals surface area contributed by atoms with Crippen molar-refractivity contribution in [3.8, 4) is 0 Å². The molecular weight excluding hydrogens is 427 g/mol. The summed E-state index contributed by atoms with van der Waals surface area (Å²) in [6.07, 6.45) is -0.0980. The maximum absolute atomic E-state index is 12.9. The van der Waals surface area contributed by atoms with Crippen molar-refractivity contribution in [2.75, 3.05) is 19.8 Å². The van der Waals surface area contributed by atoms with E-state index < -0.39 is 41.3 Å². The van der Waals surface area contributed by atoms with Crippen molar-refractivity contribution in [1.82, 2.24) is 10.2 Å². The molecule has 0 aliphatic carbocycles. The van der Waals surface area contributed by atoms with E-state index in [4.69, 9.17) is 16.3 Å². The lowest BCUT2D eigenvalue weighted by Crippen LogP contribution is -2.65. The number of likely N-dealkylation sites (N-methyl/N-ethyl adjacent to an activating group) is 1. The molecule has 0 bridgehead atoms. The van der Waals surface area contributed by atoms with Crippen molar-refractivity contribution in [1.29, 1.82) is 0 Å². The standard InChI is InChI=1S/C18H33ClN2O5S.ClH/c1-5-6-10-7-11(21(3)8-10)17(25)20-12(9(2)19)16-14(23)13(22)15(24)18(26-16)27-4;/h9-16,18,22-24H,5-8H2,1-4H3,(H,20,25);1H/t9-,10+,11?,12+,13-,14+,15+,16?,18+;/m0./s1. The Bertz CT molecular complexity index is 503. The third kappa shape index (κ3) is 5.88. The van der Waals surface area contributed by atoms with Crippen LogP contribution >= 0.6 is 35.8 Å². The van der Waals surface area contributed by atoms with Crippen molar-refractivity contribution in [3.63, 3.8) is 0 Å². The summed E-state index contributed by atoms with van der Waals surface area (Å²) in [5, 5.41) is 33.0. The molecule has 4 N–H and O–H groups in total. The number of likely N-dealkylation sites (tertiary alicyclic amines) is 1. The number of amides is 1. The normalized spacial score (nSPS) is 38.5. The number of aliphatic hydroxyl groups is 3. The van der Waals surface area contributed by atoms with E-state index in [2.05, 4.69) is 12.2 Å². The van der Waals surface area contributed by atoms with E-state index in [0.717, 1.165) is 25.8 Å². The summed E-state index contributed by atoms with van der Waals surface area (Å²) < 4.78 is 5.79. The molecule has 0 saturated carbocycles. The molecule has 0 aromatic heterocycles. The Kier molecular flexibility index (Phi) is 10.8. The van der Waals surface area contributed by atoms with Gasteiger partial charge in [-0.25, -0.2) is 0 Å². The van der Waals surface area contributed by atoms with Crippen molar-refractivity contribution < 1.29 is 24.9 Å². The number of carbonyl (C=O) groups excluding carboxylic acids is 1. The molecule has 9 atom stereocenters. The van der Waals surface area contributed by atoms with E-state index in [9.17, 15) is 20.1 Å². The van der Waals surface area contributed by atoms with Gasteiger partial charge in [0.2, 0.25) is 5.91 Å². The van der Waals surface area contributed by atoms with E-state index in [1.807, 2.05) is 11.9 Å². The first-order chi connectivity index (χ1) is 12.7. The highest BCUT2D eigenvalue weighted by molar-refractivity contribution is 7.99. The molecule has 2 unspecified atom stereocenters. The number of halogens is 2. The Labute approximate surface area is 182 Å². The largest absolute Gasteiger partial charge is 0.388 e. The number of ether oxygens (including phenoxy) is 1. The number of rotatable bonds is 7. The lowest BCUT2D eigenvalue weighted by Gasteiger charge is -2.44. The van der Waals surface area contributed by atoms with Crippen molar-refractivity contribution >= 4 is 41.7 Å². The maximum atomic E-state index is 12.9. The molecule has 0 aromatic rings. The van der Waals surface area contributed by atoms with Crippen molar-refractivity contribution in [2.24, 2.45) is 5.92 Å². The molecular formula is C18H34Cl2N2O5S.